The standard InChI is InChI=1S/C22H17ClFN3O4S/c1-13-25-19-6-4-3-5-16(19)22(28)27(13)14-7-9-17(23)20(11-14)26-32(29,30)15-8-10-21(31-2)18(24)12-15/h3-12,26H,1-2H3. The van der Waals surface area contributed by atoms with Crippen LogP contribution < -0.4 is 15.0 Å². The quantitative estimate of drug-likeness (QED) is 0.467. The predicted molar refractivity (Wildman–Crippen MR) is 121 cm³/mol. The number of aromatic nitrogens is 2. The Morgan fingerprint density at radius 1 is 1.09 bits per heavy atom. The van der Waals surface area contributed by atoms with E-state index in [4.69, 9.17) is 16.3 Å². The maximum Gasteiger partial charge on any atom is 0.265 e. The molecule has 0 aliphatic carbocycles. The summed E-state index contributed by atoms with van der Waals surface area (Å²) in [5.74, 6) is -0.482. The molecule has 4 rings (SSSR count). The van der Waals surface area contributed by atoms with E-state index in [9.17, 15) is 17.6 Å². The van der Waals surface area contributed by atoms with E-state index >= 15 is 0 Å². The van der Waals surface area contributed by atoms with Crippen LogP contribution in [0, 0.1) is 12.7 Å². The molecule has 0 radical (unpaired) electrons. The number of sulfonamides is 1. The lowest BCUT2D eigenvalue weighted by molar-refractivity contribution is 0.385. The summed E-state index contributed by atoms with van der Waals surface area (Å²) in [6, 6.07) is 14.7. The average Bonchev–Trinajstić information content (AvgIpc) is 2.75. The van der Waals surface area contributed by atoms with Gasteiger partial charge in [0.25, 0.3) is 15.6 Å². The lowest BCUT2D eigenvalue weighted by atomic mass is 10.2. The Morgan fingerprint density at radius 3 is 2.56 bits per heavy atom. The molecule has 0 fully saturated rings. The van der Waals surface area contributed by atoms with Crippen LogP contribution in [0.15, 0.2) is 70.4 Å². The molecule has 164 valence electrons. The van der Waals surface area contributed by atoms with Crippen LogP contribution in [0.4, 0.5) is 10.1 Å². The second kappa shape index (κ2) is 8.25. The summed E-state index contributed by atoms with van der Waals surface area (Å²) < 4.78 is 48.2. The summed E-state index contributed by atoms with van der Waals surface area (Å²) in [6.07, 6.45) is 0. The molecule has 32 heavy (non-hydrogen) atoms. The van der Waals surface area contributed by atoms with Crippen LogP contribution >= 0.6 is 11.6 Å². The number of nitrogens with zero attached hydrogens (tertiary/aromatic N) is 2. The van der Waals surface area contributed by atoms with Crippen LogP contribution in [0.25, 0.3) is 16.6 Å². The van der Waals surface area contributed by atoms with Crippen molar-refractivity contribution in [1.82, 2.24) is 9.55 Å². The van der Waals surface area contributed by atoms with Gasteiger partial charge in [-0.2, -0.15) is 0 Å². The van der Waals surface area contributed by atoms with Gasteiger partial charge in [-0.05, 0) is 55.5 Å². The summed E-state index contributed by atoms with van der Waals surface area (Å²) in [7, 11) is -2.89. The van der Waals surface area contributed by atoms with Crippen molar-refractivity contribution in [3.63, 3.8) is 0 Å². The van der Waals surface area contributed by atoms with Crippen molar-refractivity contribution >= 4 is 38.2 Å². The first kappa shape index (κ1) is 21.8. The fraction of sp³-hybridized carbons (Fsp3) is 0.0909. The Labute approximate surface area is 188 Å². The predicted octanol–water partition coefficient (Wildman–Crippen LogP) is 4.30. The topological polar surface area (TPSA) is 90.3 Å². The van der Waals surface area contributed by atoms with Gasteiger partial charge in [0.05, 0.1) is 39.3 Å². The highest BCUT2D eigenvalue weighted by atomic mass is 35.5. The molecule has 3 aromatic carbocycles. The SMILES string of the molecule is COc1ccc(S(=O)(=O)Nc2cc(-n3c(C)nc4ccccc4c3=O)ccc2Cl)cc1F. The second-order valence-corrected chi connectivity index (χ2v) is 8.97. The molecule has 0 saturated carbocycles. The first-order chi connectivity index (χ1) is 15.2. The van der Waals surface area contributed by atoms with E-state index in [-0.39, 0.29) is 26.9 Å². The number of para-hydroxylation sites is 1. The molecule has 4 aromatic rings. The number of halogens is 2. The number of rotatable bonds is 5. The second-order valence-electron chi connectivity index (χ2n) is 6.88. The molecule has 1 N–H and O–H groups in total. The van der Waals surface area contributed by atoms with Gasteiger partial charge in [-0.1, -0.05) is 23.7 Å². The number of methoxy groups -OCH3 is 1. The van der Waals surface area contributed by atoms with E-state index in [0.29, 0.717) is 22.4 Å². The fourth-order valence-corrected chi connectivity index (χ4v) is 4.60. The summed E-state index contributed by atoms with van der Waals surface area (Å²) in [6.45, 7) is 1.67. The minimum absolute atomic E-state index is 0.0276. The van der Waals surface area contributed by atoms with Crippen LogP contribution in [0.3, 0.4) is 0 Å². The molecule has 0 aliphatic heterocycles. The molecule has 0 unspecified atom stereocenters. The Hall–Kier alpha value is -3.43. The largest absolute Gasteiger partial charge is 0.494 e. The van der Waals surface area contributed by atoms with Crippen molar-refractivity contribution in [3.8, 4) is 11.4 Å². The van der Waals surface area contributed by atoms with E-state index in [1.54, 1.807) is 37.3 Å². The first-order valence-electron chi connectivity index (χ1n) is 9.36. The molecular weight excluding hydrogens is 457 g/mol. The van der Waals surface area contributed by atoms with Gasteiger partial charge >= 0.3 is 0 Å². The molecule has 0 spiro atoms. The van der Waals surface area contributed by atoms with Crippen molar-refractivity contribution in [2.75, 3.05) is 11.8 Å². The molecule has 7 nitrogen and oxygen atoms in total. The van der Waals surface area contributed by atoms with Crippen molar-refractivity contribution in [2.24, 2.45) is 0 Å². The maximum absolute atomic E-state index is 14.0. The zero-order chi connectivity index (χ0) is 23.0. The number of aryl methyl sites for hydroxylation is 1. The van der Waals surface area contributed by atoms with Gasteiger partial charge in [0.1, 0.15) is 5.82 Å². The van der Waals surface area contributed by atoms with Crippen molar-refractivity contribution in [3.05, 3.63) is 87.7 Å². The Bertz CT molecular complexity index is 1520. The van der Waals surface area contributed by atoms with Gasteiger partial charge in [-0.15, -0.1) is 0 Å². The van der Waals surface area contributed by atoms with Gasteiger partial charge in [-0.25, -0.2) is 17.8 Å². The minimum atomic E-state index is -4.17. The number of anilines is 1. The van der Waals surface area contributed by atoms with Gasteiger partial charge < -0.3 is 4.74 Å². The van der Waals surface area contributed by atoms with E-state index < -0.39 is 15.8 Å². The highest BCUT2D eigenvalue weighted by Gasteiger charge is 2.19. The fourth-order valence-electron chi connectivity index (χ4n) is 3.30. The van der Waals surface area contributed by atoms with Crippen LogP contribution in [-0.2, 0) is 10.0 Å². The highest BCUT2D eigenvalue weighted by molar-refractivity contribution is 7.92. The lowest BCUT2D eigenvalue weighted by Crippen LogP contribution is -2.22. The normalized spacial score (nSPS) is 11.5. The average molecular weight is 474 g/mol. The zero-order valence-corrected chi connectivity index (χ0v) is 18.5. The Morgan fingerprint density at radius 2 is 1.84 bits per heavy atom. The van der Waals surface area contributed by atoms with E-state index in [1.165, 1.54) is 35.9 Å². The summed E-state index contributed by atoms with van der Waals surface area (Å²) in [5, 5.41) is 0.523. The Kier molecular flexibility index (Phi) is 5.62. The lowest BCUT2D eigenvalue weighted by Gasteiger charge is -2.15. The minimum Gasteiger partial charge on any atom is -0.494 e. The first-order valence-corrected chi connectivity index (χ1v) is 11.2. The van der Waals surface area contributed by atoms with Gasteiger partial charge in [0.2, 0.25) is 0 Å². The third-order valence-electron chi connectivity index (χ3n) is 4.83. The van der Waals surface area contributed by atoms with Gasteiger partial charge in [-0.3, -0.25) is 14.1 Å². The van der Waals surface area contributed by atoms with Crippen LogP contribution in [0.5, 0.6) is 5.75 Å². The van der Waals surface area contributed by atoms with Crippen LogP contribution in [0.1, 0.15) is 5.82 Å². The maximum atomic E-state index is 14.0. The molecule has 0 aliphatic rings. The number of hydrogen-bond acceptors (Lipinski definition) is 5. The summed E-state index contributed by atoms with van der Waals surface area (Å²) >= 11 is 6.21. The molecule has 10 heteroatoms. The number of hydrogen-bond donors (Lipinski definition) is 1. The molecule has 1 aromatic heterocycles. The summed E-state index contributed by atoms with van der Waals surface area (Å²) in [5.41, 5.74) is 0.651. The van der Waals surface area contributed by atoms with Gasteiger partial charge in [0, 0.05) is 0 Å². The van der Waals surface area contributed by atoms with Crippen LogP contribution in [0.2, 0.25) is 5.02 Å². The van der Waals surface area contributed by atoms with E-state index in [1.807, 2.05) is 0 Å². The van der Waals surface area contributed by atoms with Crippen molar-refractivity contribution in [1.29, 1.82) is 0 Å². The molecule has 0 bridgehead atoms. The smallest absolute Gasteiger partial charge is 0.265 e. The molecule has 0 saturated heterocycles. The van der Waals surface area contributed by atoms with Gasteiger partial charge in [0.15, 0.2) is 11.6 Å². The van der Waals surface area contributed by atoms with E-state index in [0.717, 1.165) is 6.07 Å². The number of ether oxygens (including phenoxy) is 1. The monoisotopic (exact) mass is 473 g/mol. The number of nitrogens with one attached hydrogen (secondary N) is 1. The van der Waals surface area contributed by atoms with Crippen LogP contribution in [-0.4, -0.2) is 25.1 Å². The number of fused-ring (bicyclic) bond motifs is 1. The Balaban J connectivity index is 1.78. The molecule has 0 amide bonds. The molecule has 0 atom stereocenters. The molecular formula is C22H17ClFN3O4S. The van der Waals surface area contributed by atoms with E-state index in [2.05, 4.69) is 9.71 Å². The summed E-state index contributed by atoms with van der Waals surface area (Å²) in [4.78, 5) is 17.2. The third kappa shape index (κ3) is 3.92. The number of benzene rings is 3. The molecule has 1 heterocycles. The third-order valence-corrected chi connectivity index (χ3v) is 6.52. The zero-order valence-electron chi connectivity index (χ0n) is 17.0. The van der Waals surface area contributed by atoms with Crippen molar-refractivity contribution < 1.29 is 17.5 Å². The van der Waals surface area contributed by atoms with Crippen molar-refractivity contribution in [2.45, 2.75) is 11.8 Å². The highest BCUT2D eigenvalue weighted by Crippen LogP contribution is 2.29.